The van der Waals surface area contributed by atoms with Crippen LogP contribution in [0.2, 0.25) is 0 Å². The molecule has 0 aromatic carbocycles. The first-order valence-corrected chi connectivity index (χ1v) is 8.42. The molecule has 0 atom stereocenters. The number of rotatable bonds is 2. The number of ether oxygens (including phenoxy) is 2. The molecule has 1 fully saturated rings. The minimum absolute atomic E-state index is 0.200. The van der Waals surface area contributed by atoms with Crippen molar-refractivity contribution in [1.82, 2.24) is 4.98 Å². The van der Waals surface area contributed by atoms with Gasteiger partial charge >= 0.3 is 6.09 Å². The first-order valence-electron chi connectivity index (χ1n) is 8.42. The van der Waals surface area contributed by atoms with Gasteiger partial charge in [-0.1, -0.05) is 0 Å². The number of alkyl halides is 2. The number of halogens is 2. The van der Waals surface area contributed by atoms with E-state index >= 15 is 0 Å². The second kappa shape index (κ2) is 6.31. The number of carbonyl (C=O) groups is 1. The van der Waals surface area contributed by atoms with E-state index in [0.717, 1.165) is 5.56 Å². The van der Waals surface area contributed by atoms with Crippen molar-refractivity contribution >= 4 is 17.7 Å². The zero-order valence-electron chi connectivity index (χ0n) is 14.7. The fraction of sp³-hybridized carbons (Fsp3) is 0.647. The van der Waals surface area contributed by atoms with Crippen molar-refractivity contribution in [2.24, 2.45) is 0 Å². The van der Waals surface area contributed by atoms with Crippen molar-refractivity contribution in [2.75, 3.05) is 29.9 Å². The van der Waals surface area contributed by atoms with Gasteiger partial charge in [-0.25, -0.2) is 18.6 Å². The van der Waals surface area contributed by atoms with E-state index in [9.17, 15) is 13.6 Å². The molecule has 138 valence electrons. The van der Waals surface area contributed by atoms with Crippen LogP contribution in [0.25, 0.3) is 0 Å². The van der Waals surface area contributed by atoms with E-state index < -0.39 is 17.6 Å². The summed E-state index contributed by atoms with van der Waals surface area (Å²) in [6.07, 6.45) is -0.340. The van der Waals surface area contributed by atoms with Crippen LogP contribution in [-0.2, 0) is 11.2 Å². The Kier molecular flexibility index (Phi) is 4.47. The largest absolute Gasteiger partial charge is 0.489 e. The summed E-state index contributed by atoms with van der Waals surface area (Å²) in [5.41, 5.74) is 0.291. The number of piperidine rings is 1. The number of fused-ring (bicyclic) bond motifs is 1. The summed E-state index contributed by atoms with van der Waals surface area (Å²) >= 11 is 0. The topological polar surface area (TPSA) is 63.7 Å². The monoisotopic (exact) mass is 355 g/mol. The molecule has 2 aliphatic rings. The van der Waals surface area contributed by atoms with Crippen LogP contribution >= 0.6 is 0 Å². The molecule has 1 N–H and O–H groups in total. The molecule has 6 nitrogen and oxygen atoms in total. The molecule has 1 saturated heterocycles. The summed E-state index contributed by atoms with van der Waals surface area (Å²) in [6.45, 7) is 6.24. The van der Waals surface area contributed by atoms with E-state index in [1.807, 2.05) is 0 Å². The highest BCUT2D eigenvalue weighted by Gasteiger charge is 2.36. The van der Waals surface area contributed by atoms with Gasteiger partial charge < -0.3 is 14.4 Å². The number of pyridine rings is 1. The molecule has 3 rings (SSSR count). The van der Waals surface area contributed by atoms with Gasteiger partial charge in [0.1, 0.15) is 11.4 Å². The maximum Gasteiger partial charge on any atom is 0.413 e. The number of hydrogen-bond donors (Lipinski definition) is 1. The van der Waals surface area contributed by atoms with E-state index in [-0.39, 0.29) is 25.9 Å². The fourth-order valence-corrected chi connectivity index (χ4v) is 2.91. The van der Waals surface area contributed by atoms with Crippen LogP contribution in [0.15, 0.2) is 6.07 Å². The molecule has 3 heterocycles. The molecule has 0 aliphatic carbocycles. The first-order chi connectivity index (χ1) is 11.6. The number of nitrogens with zero attached hydrogens (tertiary/aromatic N) is 2. The quantitative estimate of drug-likeness (QED) is 0.878. The van der Waals surface area contributed by atoms with Crippen LogP contribution in [0.4, 0.5) is 25.2 Å². The Morgan fingerprint density at radius 1 is 1.36 bits per heavy atom. The smallest absolute Gasteiger partial charge is 0.413 e. The summed E-state index contributed by atoms with van der Waals surface area (Å²) in [4.78, 5) is 18.2. The van der Waals surface area contributed by atoms with Crippen molar-refractivity contribution in [3.8, 4) is 5.75 Å². The predicted octanol–water partition coefficient (Wildman–Crippen LogP) is 3.60. The molecule has 2 aliphatic heterocycles. The predicted molar refractivity (Wildman–Crippen MR) is 89.7 cm³/mol. The highest BCUT2D eigenvalue weighted by Crippen LogP contribution is 2.39. The van der Waals surface area contributed by atoms with E-state index in [2.05, 4.69) is 10.3 Å². The van der Waals surface area contributed by atoms with Gasteiger partial charge in [-0.3, -0.25) is 5.32 Å². The fourth-order valence-electron chi connectivity index (χ4n) is 2.91. The van der Waals surface area contributed by atoms with E-state index in [0.29, 0.717) is 30.4 Å². The molecular formula is C17H23F2N3O3. The lowest BCUT2D eigenvalue weighted by Gasteiger charge is -2.33. The van der Waals surface area contributed by atoms with E-state index in [4.69, 9.17) is 9.47 Å². The second-order valence-corrected chi connectivity index (χ2v) is 7.39. The van der Waals surface area contributed by atoms with Crippen molar-refractivity contribution in [3.05, 3.63) is 11.6 Å². The maximum atomic E-state index is 13.4. The molecule has 25 heavy (non-hydrogen) atoms. The Morgan fingerprint density at radius 3 is 2.68 bits per heavy atom. The van der Waals surface area contributed by atoms with Gasteiger partial charge in [0.15, 0.2) is 11.6 Å². The lowest BCUT2D eigenvalue weighted by Crippen LogP contribution is -2.40. The van der Waals surface area contributed by atoms with Gasteiger partial charge in [0, 0.05) is 37.9 Å². The SMILES string of the molecule is CC(C)(C)OC(=O)Nc1cc2c(c(N3CCC(F)(F)CC3)n1)OCC2. The molecule has 1 aromatic rings. The molecule has 1 amide bonds. The van der Waals surface area contributed by atoms with E-state index in [1.54, 1.807) is 31.7 Å². The van der Waals surface area contributed by atoms with Crippen molar-refractivity contribution in [3.63, 3.8) is 0 Å². The standard InChI is InChI=1S/C17H23F2N3O3/c1-16(2,3)25-15(23)21-12-10-11-4-9-24-13(11)14(20-12)22-7-5-17(18,19)6-8-22/h10H,4-9H2,1-3H3,(H,20,21,23). The molecule has 8 heteroatoms. The molecule has 0 saturated carbocycles. The maximum absolute atomic E-state index is 13.4. The first kappa shape index (κ1) is 17.7. The molecular weight excluding hydrogens is 332 g/mol. The third-order valence-corrected chi connectivity index (χ3v) is 4.07. The normalized spacial score (nSPS) is 19.2. The third kappa shape index (κ3) is 4.29. The molecule has 1 aromatic heterocycles. The van der Waals surface area contributed by atoms with Crippen LogP contribution in [0.1, 0.15) is 39.2 Å². The number of carbonyl (C=O) groups excluding carboxylic acids is 1. The van der Waals surface area contributed by atoms with Gasteiger partial charge in [-0.2, -0.15) is 0 Å². The van der Waals surface area contributed by atoms with Crippen LogP contribution in [-0.4, -0.2) is 42.3 Å². The van der Waals surface area contributed by atoms with Gasteiger partial charge in [0.05, 0.1) is 6.61 Å². The summed E-state index contributed by atoms with van der Waals surface area (Å²) in [5, 5.41) is 2.62. The van der Waals surface area contributed by atoms with Crippen molar-refractivity contribution < 1.29 is 23.0 Å². The molecule has 0 bridgehead atoms. The Morgan fingerprint density at radius 2 is 2.04 bits per heavy atom. The van der Waals surface area contributed by atoms with Crippen LogP contribution in [0.3, 0.4) is 0 Å². The summed E-state index contributed by atoms with van der Waals surface area (Å²) in [6, 6.07) is 1.74. The third-order valence-electron chi connectivity index (χ3n) is 4.07. The van der Waals surface area contributed by atoms with E-state index in [1.165, 1.54) is 0 Å². The molecule has 0 spiro atoms. The lowest BCUT2D eigenvalue weighted by atomic mass is 10.1. The van der Waals surface area contributed by atoms with Gasteiger partial charge in [-0.15, -0.1) is 0 Å². The molecule has 0 radical (unpaired) electrons. The second-order valence-electron chi connectivity index (χ2n) is 7.39. The summed E-state index contributed by atoms with van der Waals surface area (Å²) in [7, 11) is 0. The average Bonchev–Trinajstić information content (AvgIpc) is 2.92. The summed E-state index contributed by atoms with van der Waals surface area (Å²) < 4.78 is 37.7. The van der Waals surface area contributed by atoms with Gasteiger partial charge in [0.25, 0.3) is 5.92 Å². The Labute approximate surface area is 145 Å². The van der Waals surface area contributed by atoms with Crippen LogP contribution < -0.4 is 15.0 Å². The van der Waals surface area contributed by atoms with Crippen molar-refractivity contribution in [2.45, 2.75) is 51.6 Å². The minimum Gasteiger partial charge on any atom is -0.489 e. The van der Waals surface area contributed by atoms with Crippen molar-refractivity contribution in [1.29, 1.82) is 0 Å². The highest BCUT2D eigenvalue weighted by atomic mass is 19.3. The molecule has 0 unspecified atom stereocenters. The number of aromatic nitrogens is 1. The van der Waals surface area contributed by atoms with Crippen LogP contribution in [0, 0.1) is 0 Å². The Hall–Kier alpha value is -2.12. The minimum atomic E-state index is -2.63. The number of hydrogen-bond acceptors (Lipinski definition) is 5. The summed E-state index contributed by atoms with van der Waals surface area (Å²) in [5.74, 6) is -1.16. The average molecular weight is 355 g/mol. The zero-order chi connectivity index (χ0) is 18.2. The highest BCUT2D eigenvalue weighted by molar-refractivity contribution is 5.84. The number of amides is 1. The van der Waals surface area contributed by atoms with Crippen LogP contribution in [0.5, 0.6) is 5.75 Å². The Balaban J connectivity index is 1.81. The van der Waals surface area contributed by atoms with Gasteiger partial charge in [0.2, 0.25) is 0 Å². The lowest BCUT2D eigenvalue weighted by molar-refractivity contribution is -0.0222. The van der Waals surface area contributed by atoms with Gasteiger partial charge in [-0.05, 0) is 26.8 Å². The Bertz CT molecular complexity index is 664. The number of nitrogens with one attached hydrogen (secondary N) is 1. The number of anilines is 2. The zero-order valence-corrected chi connectivity index (χ0v) is 14.7.